The van der Waals surface area contributed by atoms with E-state index >= 15 is 0 Å². The number of nitrogens with zero attached hydrogens (tertiary/aromatic N) is 3. The van der Waals surface area contributed by atoms with Gasteiger partial charge in [0.15, 0.2) is 6.61 Å². The minimum atomic E-state index is -0.801. The van der Waals surface area contributed by atoms with Gasteiger partial charge in [0.1, 0.15) is 0 Å². The highest BCUT2D eigenvalue weighted by molar-refractivity contribution is 5.96. The van der Waals surface area contributed by atoms with E-state index in [1.54, 1.807) is 0 Å². The van der Waals surface area contributed by atoms with Crippen molar-refractivity contribution in [3.05, 3.63) is 69.6 Å². The number of anilines is 1. The first-order valence-electron chi connectivity index (χ1n) is 8.67. The molecule has 0 fully saturated rings. The number of nitro benzene ring substituents is 1. The molecule has 3 rings (SSSR count). The van der Waals surface area contributed by atoms with Gasteiger partial charge in [-0.3, -0.25) is 10.1 Å². The smallest absolute Gasteiger partial charge is 0.341 e. The van der Waals surface area contributed by atoms with Gasteiger partial charge in [-0.15, -0.1) is 10.2 Å². The molecule has 0 saturated heterocycles. The van der Waals surface area contributed by atoms with Gasteiger partial charge in [0.2, 0.25) is 5.89 Å². The molecule has 0 spiro atoms. The molecular weight excluding hydrogens is 380 g/mol. The lowest BCUT2D eigenvalue weighted by molar-refractivity contribution is -0.384. The minimum absolute atomic E-state index is 0.0360. The molecule has 10 nitrogen and oxygen atoms in total. The van der Waals surface area contributed by atoms with E-state index in [1.807, 2.05) is 31.2 Å². The summed E-state index contributed by atoms with van der Waals surface area (Å²) in [5, 5.41) is 30.6. The second-order valence-corrected chi connectivity index (χ2v) is 6.08. The number of hydrogen-bond acceptors (Lipinski definition) is 9. The molecule has 1 aromatic heterocycles. The van der Waals surface area contributed by atoms with Crippen molar-refractivity contribution in [3.8, 4) is 11.5 Å². The topological polar surface area (TPSA) is 141 Å². The van der Waals surface area contributed by atoms with Crippen LogP contribution in [0.15, 0.2) is 46.9 Å². The zero-order valence-corrected chi connectivity index (χ0v) is 15.5. The lowest BCUT2D eigenvalue weighted by atomic mass is 10.1. The van der Waals surface area contributed by atoms with Crippen LogP contribution in [0.3, 0.4) is 0 Å². The Morgan fingerprint density at radius 2 is 2.10 bits per heavy atom. The summed E-state index contributed by atoms with van der Waals surface area (Å²) in [6.45, 7) is 1.64. The summed E-state index contributed by atoms with van der Waals surface area (Å²) >= 11 is 0. The number of non-ortho nitro benzene ring substituents is 1. The number of aryl methyl sites for hydroxylation is 1. The van der Waals surface area contributed by atoms with Crippen LogP contribution in [-0.2, 0) is 11.3 Å². The Morgan fingerprint density at radius 1 is 1.28 bits per heavy atom. The molecule has 2 aromatic carbocycles. The Kier molecular flexibility index (Phi) is 6.15. The van der Waals surface area contributed by atoms with Crippen molar-refractivity contribution in [2.75, 3.05) is 18.5 Å². The van der Waals surface area contributed by atoms with Crippen LogP contribution < -0.4 is 5.32 Å². The van der Waals surface area contributed by atoms with E-state index in [1.165, 1.54) is 12.1 Å². The van der Waals surface area contributed by atoms with Gasteiger partial charge in [-0.2, -0.15) is 0 Å². The van der Waals surface area contributed by atoms with Crippen molar-refractivity contribution in [2.45, 2.75) is 13.5 Å². The molecule has 3 aromatic rings. The first kappa shape index (κ1) is 20.0. The summed E-state index contributed by atoms with van der Waals surface area (Å²) < 4.78 is 10.7. The quantitative estimate of drug-likeness (QED) is 0.333. The zero-order chi connectivity index (χ0) is 20.8. The van der Waals surface area contributed by atoms with Crippen LogP contribution in [0.5, 0.6) is 0 Å². The molecule has 150 valence electrons. The summed E-state index contributed by atoms with van der Waals surface area (Å²) in [5.41, 5.74) is 1.78. The summed E-state index contributed by atoms with van der Waals surface area (Å²) in [6.07, 6.45) is 0. The number of nitro groups is 1. The molecule has 0 aliphatic carbocycles. The van der Waals surface area contributed by atoms with Gasteiger partial charge in [0.25, 0.3) is 11.6 Å². The van der Waals surface area contributed by atoms with Crippen molar-refractivity contribution in [1.29, 1.82) is 0 Å². The number of carbonyl (C=O) groups is 1. The fourth-order valence-electron chi connectivity index (χ4n) is 2.57. The van der Waals surface area contributed by atoms with Crippen molar-refractivity contribution in [1.82, 2.24) is 10.2 Å². The Hall–Kier alpha value is -3.79. The highest BCUT2D eigenvalue weighted by Gasteiger charge is 2.19. The van der Waals surface area contributed by atoms with Gasteiger partial charge < -0.3 is 19.6 Å². The number of esters is 1. The van der Waals surface area contributed by atoms with E-state index in [0.29, 0.717) is 11.6 Å². The average Bonchev–Trinajstić information content (AvgIpc) is 3.19. The van der Waals surface area contributed by atoms with Gasteiger partial charge >= 0.3 is 5.97 Å². The molecule has 2 N–H and O–H groups in total. The lowest BCUT2D eigenvalue weighted by Gasteiger charge is -2.10. The second kappa shape index (κ2) is 8.93. The van der Waals surface area contributed by atoms with Crippen molar-refractivity contribution in [3.63, 3.8) is 0 Å². The monoisotopic (exact) mass is 398 g/mol. The third kappa shape index (κ3) is 4.93. The van der Waals surface area contributed by atoms with Crippen molar-refractivity contribution < 1.29 is 24.0 Å². The van der Waals surface area contributed by atoms with E-state index in [9.17, 15) is 14.9 Å². The molecule has 0 aliphatic heterocycles. The third-order valence-corrected chi connectivity index (χ3v) is 3.92. The summed E-state index contributed by atoms with van der Waals surface area (Å²) in [4.78, 5) is 22.9. The normalized spacial score (nSPS) is 10.6. The molecule has 1 heterocycles. The fourth-order valence-corrected chi connectivity index (χ4v) is 2.57. The first-order chi connectivity index (χ1) is 14.0. The molecule has 0 saturated carbocycles. The molecule has 0 atom stereocenters. The van der Waals surface area contributed by atoms with Gasteiger partial charge in [-0.25, -0.2) is 4.79 Å². The SMILES string of the molecule is Cc1cccc(-c2nnc(COC(=O)c3cc([N+](=O)[O-])ccc3NCCO)o2)c1. The number of nitrogens with one attached hydrogen (secondary N) is 1. The number of aliphatic hydroxyl groups excluding tert-OH is 1. The van der Waals surface area contributed by atoms with Gasteiger partial charge in [-0.05, 0) is 25.1 Å². The predicted octanol–water partition coefficient (Wildman–Crippen LogP) is 2.71. The zero-order valence-electron chi connectivity index (χ0n) is 15.5. The number of rotatable bonds is 8. The fraction of sp³-hybridized carbons (Fsp3) is 0.211. The van der Waals surface area contributed by atoms with Gasteiger partial charge in [-0.1, -0.05) is 17.7 Å². The van der Waals surface area contributed by atoms with Crippen LogP contribution in [-0.4, -0.2) is 39.3 Å². The van der Waals surface area contributed by atoms with Gasteiger partial charge in [0, 0.05) is 29.9 Å². The maximum atomic E-state index is 12.5. The molecule has 0 aliphatic rings. The Balaban J connectivity index is 1.73. The molecule has 0 amide bonds. The van der Waals surface area contributed by atoms with E-state index in [2.05, 4.69) is 15.5 Å². The first-order valence-corrected chi connectivity index (χ1v) is 8.67. The molecule has 10 heteroatoms. The number of hydrogen-bond donors (Lipinski definition) is 2. The lowest BCUT2D eigenvalue weighted by Crippen LogP contribution is -2.13. The molecule has 0 bridgehead atoms. The van der Waals surface area contributed by atoms with Crippen molar-refractivity contribution >= 4 is 17.3 Å². The van der Waals surface area contributed by atoms with Gasteiger partial charge in [0.05, 0.1) is 17.1 Å². The van der Waals surface area contributed by atoms with E-state index < -0.39 is 10.9 Å². The summed E-state index contributed by atoms with van der Waals surface area (Å²) in [5.74, 6) is -0.421. The van der Waals surface area contributed by atoms with E-state index in [-0.39, 0.29) is 36.9 Å². The largest absolute Gasteiger partial charge is 0.452 e. The van der Waals surface area contributed by atoms with Crippen LogP contribution in [0.25, 0.3) is 11.5 Å². The molecular formula is C19H18N4O6. The molecule has 0 radical (unpaired) electrons. The molecule has 0 unspecified atom stereocenters. The number of ether oxygens (including phenoxy) is 1. The Labute approximate surface area is 165 Å². The predicted molar refractivity (Wildman–Crippen MR) is 102 cm³/mol. The standard InChI is InChI=1S/C19H18N4O6/c1-12-3-2-4-13(9-12)18-22-21-17(29-18)11-28-19(25)15-10-14(23(26)27)5-6-16(15)20-7-8-24/h2-6,9-10,20,24H,7-8,11H2,1H3. The Bertz CT molecular complexity index is 1030. The van der Waals surface area contributed by atoms with Crippen LogP contribution in [0.1, 0.15) is 21.8 Å². The number of aliphatic hydroxyl groups is 1. The third-order valence-electron chi connectivity index (χ3n) is 3.92. The highest BCUT2D eigenvalue weighted by atomic mass is 16.6. The van der Waals surface area contributed by atoms with E-state index in [4.69, 9.17) is 14.3 Å². The van der Waals surface area contributed by atoms with Crippen LogP contribution in [0.2, 0.25) is 0 Å². The number of carbonyl (C=O) groups excluding carboxylic acids is 1. The average molecular weight is 398 g/mol. The Morgan fingerprint density at radius 3 is 2.83 bits per heavy atom. The maximum Gasteiger partial charge on any atom is 0.341 e. The maximum absolute atomic E-state index is 12.5. The minimum Gasteiger partial charge on any atom is -0.452 e. The summed E-state index contributed by atoms with van der Waals surface area (Å²) in [6, 6.07) is 11.2. The number of benzene rings is 2. The highest BCUT2D eigenvalue weighted by Crippen LogP contribution is 2.24. The van der Waals surface area contributed by atoms with E-state index in [0.717, 1.165) is 17.2 Å². The van der Waals surface area contributed by atoms with Crippen molar-refractivity contribution in [2.24, 2.45) is 0 Å². The van der Waals surface area contributed by atoms with Crippen LogP contribution in [0.4, 0.5) is 11.4 Å². The second-order valence-electron chi connectivity index (χ2n) is 6.08. The molecule has 29 heavy (non-hydrogen) atoms. The van der Waals surface area contributed by atoms with Crippen LogP contribution in [0, 0.1) is 17.0 Å². The number of aromatic nitrogens is 2. The van der Waals surface area contributed by atoms with Crippen LogP contribution >= 0.6 is 0 Å². The summed E-state index contributed by atoms with van der Waals surface area (Å²) in [7, 11) is 0.